The van der Waals surface area contributed by atoms with Gasteiger partial charge in [0.2, 0.25) is 5.72 Å². The van der Waals surface area contributed by atoms with Crippen molar-refractivity contribution in [1.82, 2.24) is 14.5 Å². The molecule has 0 radical (unpaired) electrons. The van der Waals surface area contributed by atoms with E-state index in [9.17, 15) is 0 Å². The number of nitrogens with zero attached hydrogens (tertiary/aromatic N) is 4. The van der Waals surface area contributed by atoms with Gasteiger partial charge in [-0.1, -0.05) is 23.4 Å². The third kappa shape index (κ3) is 3.31. The molecule has 170 valence electrons. The highest BCUT2D eigenvalue weighted by Gasteiger charge is 2.52. The van der Waals surface area contributed by atoms with Crippen LogP contribution in [0.3, 0.4) is 0 Å². The zero-order chi connectivity index (χ0) is 22.4. The maximum absolute atomic E-state index is 6.34. The van der Waals surface area contributed by atoms with Gasteiger partial charge >= 0.3 is 0 Å². The lowest BCUT2D eigenvalue weighted by Gasteiger charge is -2.44. The Hall–Kier alpha value is -3.28. The maximum atomic E-state index is 6.34. The number of imidazole rings is 1. The standard InChI is InChI=1S/C27H30N4O2/c1-19-17-30(18-28-19)24-12-11-20(16-25(24)32-2)15-22-9-6-14-31-26(22)29-33-27(31)13-5-8-21-7-3-4-10-23(21)27/h3,7,11-12,15-18H,4-6,8-10,13-14H2,1-2H3/b22-15+. The molecule has 1 fully saturated rings. The molecule has 6 rings (SSSR count). The highest BCUT2D eigenvalue weighted by atomic mass is 16.7. The van der Waals surface area contributed by atoms with Crippen LogP contribution in [0, 0.1) is 6.92 Å². The molecule has 1 unspecified atom stereocenters. The molecule has 1 aromatic carbocycles. The van der Waals surface area contributed by atoms with Crippen molar-refractivity contribution in [2.24, 2.45) is 5.16 Å². The molecule has 2 aromatic rings. The van der Waals surface area contributed by atoms with Crippen molar-refractivity contribution in [2.75, 3.05) is 13.7 Å². The van der Waals surface area contributed by atoms with Crippen LogP contribution in [0.25, 0.3) is 11.8 Å². The molecule has 0 N–H and O–H groups in total. The van der Waals surface area contributed by atoms with Crippen LogP contribution in [0.1, 0.15) is 56.2 Å². The summed E-state index contributed by atoms with van der Waals surface area (Å²) in [4.78, 5) is 13.1. The Labute approximate surface area is 194 Å². The molecular weight excluding hydrogens is 412 g/mol. The Bertz CT molecular complexity index is 1220. The molecule has 1 saturated heterocycles. The van der Waals surface area contributed by atoms with Gasteiger partial charge in [0.15, 0.2) is 5.84 Å². The highest BCUT2D eigenvalue weighted by molar-refractivity contribution is 6.03. The van der Waals surface area contributed by atoms with Gasteiger partial charge in [0.05, 0.1) is 24.8 Å². The first kappa shape index (κ1) is 20.3. The summed E-state index contributed by atoms with van der Waals surface area (Å²) in [7, 11) is 1.72. The minimum absolute atomic E-state index is 0.367. The summed E-state index contributed by atoms with van der Waals surface area (Å²) in [5.74, 6) is 1.84. The molecule has 6 heteroatoms. The smallest absolute Gasteiger partial charge is 0.233 e. The van der Waals surface area contributed by atoms with E-state index in [2.05, 4.69) is 51.5 Å². The predicted molar refractivity (Wildman–Crippen MR) is 129 cm³/mol. The second kappa shape index (κ2) is 7.94. The number of benzene rings is 1. The predicted octanol–water partition coefficient (Wildman–Crippen LogP) is 5.54. The number of fused-ring (bicyclic) bond motifs is 3. The van der Waals surface area contributed by atoms with Crippen molar-refractivity contribution in [1.29, 1.82) is 0 Å². The van der Waals surface area contributed by atoms with Crippen LogP contribution in [-0.4, -0.2) is 39.7 Å². The van der Waals surface area contributed by atoms with Crippen LogP contribution in [0.4, 0.5) is 0 Å². The van der Waals surface area contributed by atoms with Crippen LogP contribution in [-0.2, 0) is 4.84 Å². The van der Waals surface area contributed by atoms with Crippen LogP contribution in [0.5, 0.6) is 5.75 Å². The Morgan fingerprint density at radius 2 is 2.12 bits per heavy atom. The molecule has 33 heavy (non-hydrogen) atoms. The average Bonchev–Trinajstić information content (AvgIpc) is 3.44. The van der Waals surface area contributed by atoms with Gasteiger partial charge in [-0.15, -0.1) is 0 Å². The topological polar surface area (TPSA) is 51.9 Å². The fourth-order valence-electron chi connectivity index (χ4n) is 5.80. The summed E-state index contributed by atoms with van der Waals surface area (Å²) in [5, 5.41) is 4.69. The van der Waals surface area contributed by atoms with Crippen LogP contribution < -0.4 is 4.74 Å². The molecule has 1 aromatic heterocycles. The summed E-state index contributed by atoms with van der Waals surface area (Å²) in [5.41, 5.74) is 6.87. The Morgan fingerprint density at radius 3 is 2.97 bits per heavy atom. The van der Waals surface area contributed by atoms with Gasteiger partial charge in [-0.05, 0) is 80.4 Å². The third-order valence-corrected chi connectivity index (χ3v) is 7.33. The number of hydrogen-bond acceptors (Lipinski definition) is 5. The van der Waals surface area contributed by atoms with Crippen molar-refractivity contribution in [3.8, 4) is 11.4 Å². The number of methoxy groups -OCH3 is 1. The first-order valence-electron chi connectivity index (χ1n) is 12.0. The van der Waals surface area contributed by atoms with Gasteiger partial charge < -0.3 is 19.0 Å². The molecule has 4 aliphatic rings. The van der Waals surface area contributed by atoms with Gasteiger partial charge in [-0.2, -0.15) is 0 Å². The summed E-state index contributed by atoms with van der Waals surface area (Å²) in [6.07, 6.45) is 18.3. The number of hydrogen-bond donors (Lipinski definition) is 0. The van der Waals surface area contributed by atoms with Crippen molar-refractivity contribution in [2.45, 2.75) is 57.6 Å². The number of aryl methyl sites for hydroxylation is 1. The van der Waals surface area contributed by atoms with E-state index in [-0.39, 0.29) is 5.72 Å². The number of amidine groups is 1. The van der Waals surface area contributed by atoms with Gasteiger partial charge in [0.25, 0.3) is 0 Å². The first-order chi connectivity index (χ1) is 16.2. The Balaban J connectivity index is 1.33. The second-order valence-electron chi connectivity index (χ2n) is 9.37. The maximum Gasteiger partial charge on any atom is 0.233 e. The van der Waals surface area contributed by atoms with E-state index >= 15 is 0 Å². The number of piperidine rings is 1. The molecule has 2 aliphatic heterocycles. The number of rotatable bonds is 3. The van der Waals surface area contributed by atoms with E-state index in [0.717, 1.165) is 80.0 Å². The summed E-state index contributed by atoms with van der Waals surface area (Å²) >= 11 is 0. The van der Waals surface area contributed by atoms with Gasteiger partial charge in [0.1, 0.15) is 5.75 Å². The molecule has 0 saturated carbocycles. The second-order valence-corrected chi connectivity index (χ2v) is 9.37. The quantitative estimate of drug-likeness (QED) is 0.626. The van der Waals surface area contributed by atoms with Crippen molar-refractivity contribution in [3.05, 3.63) is 70.9 Å². The largest absolute Gasteiger partial charge is 0.495 e. The molecule has 1 atom stereocenters. The SMILES string of the molecule is COc1cc(/C=C2\CCCN3C2=NOC32CCCC3=C2CCC=C3)ccc1-n1cnc(C)c1. The molecule has 3 heterocycles. The van der Waals surface area contributed by atoms with Crippen molar-refractivity contribution >= 4 is 11.9 Å². The van der Waals surface area contributed by atoms with E-state index < -0.39 is 0 Å². The Morgan fingerprint density at radius 1 is 1.18 bits per heavy atom. The van der Waals surface area contributed by atoms with Gasteiger partial charge in [-0.3, -0.25) is 0 Å². The lowest BCUT2D eigenvalue weighted by molar-refractivity contribution is -0.0827. The van der Waals surface area contributed by atoms with Crippen LogP contribution in [0.15, 0.2) is 64.8 Å². The minimum Gasteiger partial charge on any atom is -0.495 e. The monoisotopic (exact) mass is 442 g/mol. The lowest BCUT2D eigenvalue weighted by Crippen LogP contribution is -2.53. The van der Waals surface area contributed by atoms with Crippen LogP contribution in [0.2, 0.25) is 0 Å². The van der Waals surface area contributed by atoms with Gasteiger partial charge in [-0.25, -0.2) is 4.98 Å². The average molecular weight is 443 g/mol. The zero-order valence-electron chi connectivity index (χ0n) is 19.4. The van der Waals surface area contributed by atoms with Crippen molar-refractivity contribution in [3.63, 3.8) is 0 Å². The van der Waals surface area contributed by atoms with E-state index in [1.54, 1.807) is 7.11 Å². The fourth-order valence-corrected chi connectivity index (χ4v) is 5.80. The molecule has 6 nitrogen and oxygen atoms in total. The highest BCUT2D eigenvalue weighted by Crippen LogP contribution is 2.48. The summed E-state index contributed by atoms with van der Waals surface area (Å²) in [6, 6.07) is 6.32. The molecule has 2 aliphatic carbocycles. The van der Waals surface area contributed by atoms with E-state index in [1.807, 2.05) is 24.0 Å². The summed E-state index contributed by atoms with van der Waals surface area (Å²) in [6.45, 7) is 2.99. The number of oxime groups is 1. The number of ether oxygens (including phenoxy) is 1. The summed E-state index contributed by atoms with van der Waals surface area (Å²) < 4.78 is 7.72. The van der Waals surface area contributed by atoms with E-state index in [4.69, 9.17) is 9.57 Å². The molecule has 0 bridgehead atoms. The lowest BCUT2D eigenvalue weighted by atomic mass is 9.78. The first-order valence-corrected chi connectivity index (χ1v) is 12.0. The van der Waals surface area contributed by atoms with Crippen LogP contribution >= 0.6 is 0 Å². The van der Waals surface area contributed by atoms with Gasteiger partial charge in [0, 0.05) is 24.7 Å². The molecule has 0 amide bonds. The number of allylic oxidation sites excluding steroid dienone is 3. The molecular formula is C27H30N4O2. The Kier molecular flexibility index (Phi) is 4.89. The zero-order valence-corrected chi connectivity index (χ0v) is 19.4. The van der Waals surface area contributed by atoms with Crippen molar-refractivity contribution < 1.29 is 9.57 Å². The van der Waals surface area contributed by atoms with E-state index in [0.29, 0.717) is 0 Å². The molecule has 1 spiro atoms. The number of aromatic nitrogens is 2. The normalized spacial score (nSPS) is 25.2. The minimum atomic E-state index is -0.367. The third-order valence-electron chi connectivity index (χ3n) is 7.33. The van der Waals surface area contributed by atoms with E-state index in [1.165, 1.54) is 16.7 Å². The fraction of sp³-hybridized carbons (Fsp3) is 0.407.